The van der Waals surface area contributed by atoms with Crippen LogP contribution in [0.4, 0.5) is 0 Å². The summed E-state index contributed by atoms with van der Waals surface area (Å²) in [6.45, 7) is 1.93. The van der Waals surface area contributed by atoms with Crippen LogP contribution in [0.15, 0.2) is 66.7 Å². The van der Waals surface area contributed by atoms with Crippen LogP contribution in [-0.2, 0) is 12.8 Å². The molecule has 0 saturated heterocycles. The Hall–Kier alpha value is -3.31. The summed E-state index contributed by atoms with van der Waals surface area (Å²) in [5, 5.41) is 20.6. The minimum atomic E-state index is -0.945. The number of aryl methyl sites for hydroxylation is 1. The number of hydrogen-bond acceptors (Lipinski definition) is 4. The Kier molecular flexibility index (Phi) is 8.50. The lowest BCUT2D eigenvalue weighted by Crippen LogP contribution is -2.17. The molecule has 0 aliphatic rings. The van der Waals surface area contributed by atoms with Crippen molar-refractivity contribution in [2.75, 3.05) is 14.2 Å². The molecule has 3 rings (SSSR count). The fraction of sp³-hybridized carbons (Fsp3) is 0.321. The summed E-state index contributed by atoms with van der Waals surface area (Å²) in [4.78, 5) is 11.2. The Morgan fingerprint density at radius 2 is 1.52 bits per heavy atom. The van der Waals surface area contributed by atoms with Gasteiger partial charge in [0.05, 0.1) is 25.9 Å². The molecule has 33 heavy (non-hydrogen) atoms. The van der Waals surface area contributed by atoms with Gasteiger partial charge in [0.25, 0.3) is 0 Å². The average molecular weight is 449 g/mol. The maximum absolute atomic E-state index is 11.4. The SMILES string of the molecule is COc1cc([C@@H](O)[C@@H](CCCc2ccccc2)Cc2ccc(C(=O)O)cc2)cc(OC)c1C. The summed E-state index contributed by atoms with van der Waals surface area (Å²) in [6, 6.07) is 21.0. The quantitative estimate of drug-likeness (QED) is 0.398. The highest BCUT2D eigenvalue weighted by Gasteiger charge is 2.24. The van der Waals surface area contributed by atoms with Crippen LogP contribution < -0.4 is 9.47 Å². The zero-order chi connectivity index (χ0) is 23.8. The Morgan fingerprint density at radius 3 is 2.06 bits per heavy atom. The second-order valence-electron chi connectivity index (χ2n) is 8.34. The molecule has 0 amide bonds. The molecule has 0 heterocycles. The standard InChI is InChI=1S/C28H32O5/c1-19-25(32-2)17-24(18-26(19)33-3)27(29)23(11-7-10-20-8-5-4-6-9-20)16-21-12-14-22(15-13-21)28(30)31/h4-6,8-9,12-15,17-18,23,27,29H,7,10-11,16H2,1-3H3,(H,30,31)/t23-,27-/m0/s1. The third-order valence-corrected chi connectivity index (χ3v) is 6.14. The van der Waals surface area contributed by atoms with Crippen LogP contribution >= 0.6 is 0 Å². The van der Waals surface area contributed by atoms with E-state index < -0.39 is 12.1 Å². The summed E-state index contributed by atoms with van der Waals surface area (Å²) in [7, 11) is 3.22. The number of aliphatic hydroxyl groups is 1. The number of benzene rings is 3. The van der Waals surface area contributed by atoms with Crippen molar-refractivity contribution in [3.05, 3.63) is 94.5 Å². The number of methoxy groups -OCH3 is 2. The number of carboxylic acids is 1. The van der Waals surface area contributed by atoms with E-state index in [4.69, 9.17) is 9.47 Å². The lowest BCUT2D eigenvalue weighted by molar-refractivity contribution is 0.0696. The van der Waals surface area contributed by atoms with Crippen molar-refractivity contribution < 1.29 is 24.5 Å². The Balaban J connectivity index is 1.83. The molecule has 0 radical (unpaired) electrons. The van der Waals surface area contributed by atoms with Crippen molar-refractivity contribution in [3.8, 4) is 11.5 Å². The Bertz CT molecular complexity index is 1020. The minimum Gasteiger partial charge on any atom is -0.496 e. The van der Waals surface area contributed by atoms with E-state index in [-0.39, 0.29) is 11.5 Å². The van der Waals surface area contributed by atoms with E-state index in [1.54, 1.807) is 26.4 Å². The van der Waals surface area contributed by atoms with Gasteiger partial charge in [-0.05, 0) is 79.5 Å². The van der Waals surface area contributed by atoms with Gasteiger partial charge < -0.3 is 19.7 Å². The summed E-state index contributed by atoms with van der Waals surface area (Å²) >= 11 is 0. The molecule has 0 spiro atoms. The Morgan fingerprint density at radius 1 is 0.909 bits per heavy atom. The minimum absolute atomic E-state index is 0.0542. The van der Waals surface area contributed by atoms with Crippen LogP contribution in [-0.4, -0.2) is 30.4 Å². The van der Waals surface area contributed by atoms with E-state index in [0.717, 1.165) is 36.0 Å². The molecule has 0 fully saturated rings. The molecule has 0 bridgehead atoms. The van der Waals surface area contributed by atoms with Crippen LogP contribution in [0.2, 0.25) is 0 Å². The number of carboxylic acid groups (broad SMARTS) is 1. The first-order chi connectivity index (χ1) is 15.9. The molecule has 0 aliphatic carbocycles. The summed E-state index contributed by atoms with van der Waals surface area (Å²) < 4.78 is 11.0. The van der Waals surface area contributed by atoms with E-state index in [9.17, 15) is 15.0 Å². The monoisotopic (exact) mass is 448 g/mol. The third-order valence-electron chi connectivity index (χ3n) is 6.14. The van der Waals surface area contributed by atoms with Gasteiger partial charge in [0.1, 0.15) is 11.5 Å². The molecule has 0 saturated carbocycles. The molecule has 5 heteroatoms. The molecule has 5 nitrogen and oxygen atoms in total. The van der Waals surface area contributed by atoms with Gasteiger partial charge in [-0.15, -0.1) is 0 Å². The van der Waals surface area contributed by atoms with Crippen molar-refractivity contribution in [2.45, 2.75) is 38.7 Å². The normalized spacial score (nSPS) is 12.7. The fourth-order valence-electron chi connectivity index (χ4n) is 4.22. The van der Waals surface area contributed by atoms with Crippen molar-refractivity contribution in [3.63, 3.8) is 0 Å². The van der Waals surface area contributed by atoms with E-state index in [0.29, 0.717) is 17.9 Å². The van der Waals surface area contributed by atoms with Gasteiger partial charge in [0.15, 0.2) is 0 Å². The second kappa shape index (κ2) is 11.5. The average Bonchev–Trinajstić information content (AvgIpc) is 2.84. The largest absolute Gasteiger partial charge is 0.496 e. The van der Waals surface area contributed by atoms with E-state index in [1.165, 1.54) is 5.56 Å². The molecule has 3 aromatic rings. The lowest BCUT2D eigenvalue weighted by Gasteiger charge is -2.25. The van der Waals surface area contributed by atoms with Gasteiger partial charge in [-0.3, -0.25) is 0 Å². The molecule has 3 aromatic carbocycles. The lowest BCUT2D eigenvalue weighted by atomic mass is 9.85. The van der Waals surface area contributed by atoms with Crippen molar-refractivity contribution >= 4 is 5.97 Å². The van der Waals surface area contributed by atoms with Gasteiger partial charge >= 0.3 is 5.97 Å². The molecule has 0 aromatic heterocycles. The summed E-state index contributed by atoms with van der Waals surface area (Å²) in [5.41, 5.74) is 4.17. The first-order valence-electron chi connectivity index (χ1n) is 11.2. The molecule has 2 N–H and O–H groups in total. The maximum Gasteiger partial charge on any atom is 0.335 e. The Labute approximate surface area is 195 Å². The molecular weight excluding hydrogens is 416 g/mol. The van der Waals surface area contributed by atoms with Crippen molar-refractivity contribution in [1.82, 2.24) is 0 Å². The van der Waals surface area contributed by atoms with Crippen molar-refractivity contribution in [2.24, 2.45) is 5.92 Å². The van der Waals surface area contributed by atoms with E-state index in [2.05, 4.69) is 12.1 Å². The number of hydrogen-bond donors (Lipinski definition) is 2. The highest BCUT2D eigenvalue weighted by Crippen LogP contribution is 2.36. The molecular formula is C28H32O5. The van der Waals surface area contributed by atoms with Crippen LogP contribution in [0.25, 0.3) is 0 Å². The fourth-order valence-corrected chi connectivity index (χ4v) is 4.22. The zero-order valence-electron chi connectivity index (χ0n) is 19.5. The predicted octanol–water partition coefficient (Wildman–Crippen LogP) is 5.63. The van der Waals surface area contributed by atoms with Crippen LogP contribution in [0.1, 0.15) is 51.6 Å². The molecule has 174 valence electrons. The van der Waals surface area contributed by atoms with Gasteiger partial charge in [-0.2, -0.15) is 0 Å². The molecule has 2 atom stereocenters. The smallest absolute Gasteiger partial charge is 0.335 e. The van der Waals surface area contributed by atoms with E-state index >= 15 is 0 Å². The number of rotatable bonds is 11. The van der Waals surface area contributed by atoms with Crippen LogP contribution in [0.3, 0.4) is 0 Å². The first kappa shape index (κ1) is 24.3. The zero-order valence-corrected chi connectivity index (χ0v) is 19.5. The van der Waals surface area contributed by atoms with Gasteiger partial charge in [-0.1, -0.05) is 42.5 Å². The highest BCUT2D eigenvalue weighted by molar-refractivity contribution is 5.87. The highest BCUT2D eigenvalue weighted by atomic mass is 16.5. The predicted molar refractivity (Wildman–Crippen MR) is 129 cm³/mol. The molecule has 0 unspecified atom stereocenters. The van der Waals surface area contributed by atoms with Crippen molar-refractivity contribution in [1.29, 1.82) is 0 Å². The molecule has 0 aliphatic heterocycles. The van der Waals surface area contributed by atoms with E-state index in [1.807, 2.05) is 49.4 Å². The van der Waals surface area contributed by atoms with Gasteiger partial charge in [0.2, 0.25) is 0 Å². The van der Waals surface area contributed by atoms with Gasteiger partial charge in [0, 0.05) is 5.56 Å². The first-order valence-corrected chi connectivity index (χ1v) is 11.2. The third kappa shape index (κ3) is 6.36. The number of aromatic carboxylic acids is 1. The van der Waals surface area contributed by atoms with Crippen LogP contribution in [0, 0.1) is 12.8 Å². The maximum atomic E-state index is 11.4. The van der Waals surface area contributed by atoms with Gasteiger partial charge in [-0.25, -0.2) is 4.79 Å². The number of ether oxygens (including phenoxy) is 2. The topological polar surface area (TPSA) is 76.0 Å². The van der Waals surface area contributed by atoms with Crippen LogP contribution in [0.5, 0.6) is 11.5 Å². The summed E-state index contributed by atoms with van der Waals surface area (Å²) in [6.07, 6.45) is 2.59. The summed E-state index contributed by atoms with van der Waals surface area (Å²) in [5.74, 6) is 0.357. The second-order valence-corrected chi connectivity index (χ2v) is 8.34. The number of carbonyl (C=O) groups is 1. The number of aliphatic hydroxyl groups excluding tert-OH is 1.